The number of likely N-dealkylation sites (tertiary alicyclic amines) is 1. The standard InChI is InChI=1S/C18H32N4O2/c1-15-10-21(11-16(2)24-15)14-18(23)13-20-8-4-17(5-9-20)12-22-7-3-6-19-22/h3,6-7,15-18,23H,4-5,8-14H2,1-2H3/t15-,16+,18-/m0/s1. The molecule has 136 valence electrons. The summed E-state index contributed by atoms with van der Waals surface area (Å²) in [5.74, 6) is 0.708. The van der Waals surface area contributed by atoms with Crippen LogP contribution in [0.4, 0.5) is 0 Å². The summed E-state index contributed by atoms with van der Waals surface area (Å²) in [6.45, 7) is 10.8. The summed E-state index contributed by atoms with van der Waals surface area (Å²) in [7, 11) is 0. The Hall–Kier alpha value is -0.950. The highest BCUT2D eigenvalue weighted by atomic mass is 16.5. The predicted molar refractivity (Wildman–Crippen MR) is 93.8 cm³/mol. The molecule has 0 unspecified atom stereocenters. The van der Waals surface area contributed by atoms with Crippen LogP contribution in [-0.4, -0.2) is 82.3 Å². The number of hydrogen-bond acceptors (Lipinski definition) is 5. The van der Waals surface area contributed by atoms with Gasteiger partial charge in [-0.15, -0.1) is 0 Å². The van der Waals surface area contributed by atoms with Crippen LogP contribution in [0.15, 0.2) is 18.5 Å². The highest BCUT2D eigenvalue weighted by Gasteiger charge is 2.26. The van der Waals surface area contributed by atoms with Crippen LogP contribution in [0.3, 0.4) is 0 Å². The van der Waals surface area contributed by atoms with Gasteiger partial charge in [-0.05, 0) is 51.8 Å². The number of β-amino-alcohol motifs (C(OH)–C–C–N with tert-alkyl or cyclic N) is 1. The van der Waals surface area contributed by atoms with Gasteiger partial charge in [0.15, 0.2) is 0 Å². The second-order valence-corrected chi connectivity index (χ2v) is 7.60. The Morgan fingerprint density at radius 2 is 1.79 bits per heavy atom. The molecular formula is C18H32N4O2. The lowest BCUT2D eigenvalue weighted by Gasteiger charge is -2.38. The minimum atomic E-state index is -0.273. The highest BCUT2D eigenvalue weighted by molar-refractivity contribution is 4.81. The molecule has 2 aliphatic heterocycles. The van der Waals surface area contributed by atoms with Crippen molar-refractivity contribution >= 4 is 0 Å². The maximum absolute atomic E-state index is 10.5. The quantitative estimate of drug-likeness (QED) is 0.842. The highest BCUT2D eigenvalue weighted by Crippen LogP contribution is 2.19. The number of aliphatic hydroxyl groups is 1. The lowest BCUT2D eigenvalue weighted by atomic mass is 9.96. The van der Waals surface area contributed by atoms with Gasteiger partial charge >= 0.3 is 0 Å². The number of hydrogen-bond donors (Lipinski definition) is 1. The Morgan fingerprint density at radius 1 is 1.12 bits per heavy atom. The fraction of sp³-hybridized carbons (Fsp3) is 0.833. The van der Waals surface area contributed by atoms with E-state index in [1.807, 2.05) is 23.1 Å². The lowest BCUT2D eigenvalue weighted by molar-refractivity contribution is -0.0784. The summed E-state index contributed by atoms with van der Waals surface area (Å²) in [6, 6.07) is 1.98. The molecule has 6 heteroatoms. The maximum Gasteiger partial charge on any atom is 0.0793 e. The second-order valence-electron chi connectivity index (χ2n) is 7.60. The van der Waals surface area contributed by atoms with Crippen molar-refractivity contribution in [3.05, 3.63) is 18.5 Å². The molecule has 1 aromatic heterocycles. The number of piperidine rings is 1. The molecule has 3 heterocycles. The Labute approximate surface area is 145 Å². The largest absolute Gasteiger partial charge is 0.390 e. The Bertz CT molecular complexity index is 463. The van der Waals surface area contributed by atoms with Crippen molar-refractivity contribution in [2.45, 2.75) is 51.5 Å². The molecular weight excluding hydrogens is 304 g/mol. The Balaban J connectivity index is 1.36. The van der Waals surface area contributed by atoms with E-state index in [4.69, 9.17) is 4.74 Å². The maximum atomic E-state index is 10.5. The van der Waals surface area contributed by atoms with Crippen LogP contribution < -0.4 is 0 Å². The first kappa shape index (κ1) is 17.9. The number of rotatable bonds is 6. The van der Waals surface area contributed by atoms with Crippen LogP contribution in [0.2, 0.25) is 0 Å². The topological polar surface area (TPSA) is 53.8 Å². The zero-order chi connectivity index (χ0) is 16.9. The van der Waals surface area contributed by atoms with Crippen molar-refractivity contribution in [1.82, 2.24) is 19.6 Å². The Kier molecular flexibility index (Phi) is 6.27. The molecule has 0 bridgehead atoms. The van der Waals surface area contributed by atoms with Crippen LogP contribution in [0.25, 0.3) is 0 Å². The van der Waals surface area contributed by atoms with Crippen molar-refractivity contribution < 1.29 is 9.84 Å². The van der Waals surface area contributed by atoms with Crippen LogP contribution in [0.1, 0.15) is 26.7 Å². The monoisotopic (exact) mass is 336 g/mol. The molecule has 2 aliphatic rings. The molecule has 2 fully saturated rings. The minimum absolute atomic E-state index is 0.263. The lowest BCUT2D eigenvalue weighted by Crippen LogP contribution is -2.50. The molecule has 1 aromatic rings. The van der Waals surface area contributed by atoms with Crippen molar-refractivity contribution in [2.24, 2.45) is 5.92 Å². The van der Waals surface area contributed by atoms with Gasteiger partial charge in [-0.3, -0.25) is 9.58 Å². The van der Waals surface area contributed by atoms with Gasteiger partial charge in [-0.2, -0.15) is 5.10 Å². The van der Waals surface area contributed by atoms with Crippen LogP contribution in [0, 0.1) is 5.92 Å². The van der Waals surface area contributed by atoms with E-state index in [0.29, 0.717) is 5.92 Å². The molecule has 0 aliphatic carbocycles. The van der Waals surface area contributed by atoms with E-state index in [-0.39, 0.29) is 18.3 Å². The first-order valence-electron chi connectivity index (χ1n) is 9.34. The van der Waals surface area contributed by atoms with E-state index in [2.05, 4.69) is 28.7 Å². The van der Waals surface area contributed by atoms with Gasteiger partial charge in [0.05, 0.1) is 18.3 Å². The molecule has 1 N–H and O–H groups in total. The molecule has 6 nitrogen and oxygen atoms in total. The molecule has 24 heavy (non-hydrogen) atoms. The third kappa shape index (κ3) is 5.28. The summed E-state index contributed by atoms with van der Waals surface area (Å²) in [6.07, 6.45) is 6.53. The van der Waals surface area contributed by atoms with Gasteiger partial charge in [0.1, 0.15) is 0 Å². The zero-order valence-electron chi connectivity index (χ0n) is 15.0. The first-order valence-corrected chi connectivity index (χ1v) is 9.34. The fourth-order valence-electron chi connectivity index (χ4n) is 4.11. The number of morpholine rings is 1. The number of nitrogens with zero attached hydrogens (tertiary/aromatic N) is 4. The number of ether oxygens (including phenoxy) is 1. The zero-order valence-corrected chi connectivity index (χ0v) is 15.0. The van der Waals surface area contributed by atoms with Gasteiger partial charge in [0.2, 0.25) is 0 Å². The molecule has 0 aromatic carbocycles. The van der Waals surface area contributed by atoms with Crippen LogP contribution in [-0.2, 0) is 11.3 Å². The minimum Gasteiger partial charge on any atom is -0.390 e. The molecule has 0 amide bonds. The fourth-order valence-corrected chi connectivity index (χ4v) is 4.11. The van der Waals surface area contributed by atoms with Gasteiger partial charge in [-0.1, -0.05) is 0 Å². The Morgan fingerprint density at radius 3 is 2.42 bits per heavy atom. The molecule has 0 spiro atoms. The molecule has 0 radical (unpaired) electrons. The predicted octanol–water partition coefficient (Wildman–Crippen LogP) is 1.07. The normalized spacial score (nSPS) is 29.0. The molecule has 3 rings (SSSR count). The van der Waals surface area contributed by atoms with E-state index in [0.717, 1.165) is 45.8 Å². The van der Waals surface area contributed by atoms with E-state index < -0.39 is 0 Å². The number of aliphatic hydroxyl groups excluding tert-OH is 1. The van der Waals surface area contributed by atoms with Gasteiger partial charge in [0, 0.05) is 45.1 Å². The molecule has 0 saturated carbocycles. The third-order valence-electron chi connectivity index (χ3n) is 5.14. The summed E-state index contributed by atoms with van der Waals surface area (Å²) < 4.78 is 7.80. The van der Waals surface area contributed by atoms with Gasteiger partial charge in [0.25, 0.3) is 0 Å². The smallest absolute Gasteiger partial charge is 0.0793 e. The molecule has 2 saturated heterocycles. The van der Waals surface area contributed by atoms with E-state index in [9.17, 15) is 5.11 Å². The van der Waals surface area contributed by atoms with Crippen molar-refractivity contribution in [1.29, 1.82) is 0 Å². The average molecular weight is 336 g/mol. The first-order chi connectivity index (χ1) is 11.6. The summed E-state index contributed by atoms with van der Waals surface area (Å²) in [5.41, 5.74) is 0. The van der Waals surface area contributed by atoms with Crippen LogP contribution in [0.5, 0.6) is 0 Å². The summed E-state index contributed by atoms with van der Waals surface area (Å²) in [5, 5.41) is 14.8. The van der Waals surface area contributed by atoms with Crippen molar-refractivity contribution in [2.75, 3.05) is 39.3 Å². The number of aromatic nitrogens is 2. The van der Waals surface area contributed by atoms with Gasteiger partial charge in [-0.25, -0.2) is 0 Å². The third-order valence-corrected chi connectivity index (χ3v) is 5.14. The van der Waals surface area contributed by atoms with E-state index in [1.54, 1.807) is 0 Å². The van der Waals surface area contributed by atoms with Crippen LogP contribution >= 0.6 is 0 Å². The van der Waals surface area contributed by atoms with E-state index >= 15 is 0 Å². The SMILES string of the molecule is C[C@@H]1CN(C[C@@H](O)CN2CCC(Cn3cccn3)CC2)C[C@H](C)O1. The van der Waals surface area contributed by atoms with Crippen molar-refractivity contribution in [3.8, 4) is 0 Å². The molecule has 3 atom stereocenters. The van der Waals surface area contributed by atoms with Gasteiger partial charge < -0.3 is 14.7 Å². The summed E-state index contributed by atoms with van der Waals surface area (Å²) >= 11 is 0. The second kappa shape index (κ2) is 8.43. The van der Waals surface area contributed by atoms with Crippen molar-refractivity contribution in [3.63, 3.8) is 0 Å². The van der Waals surface area contributed by atoms with E-state index in [1.165, 1.54) is 12.8 Å². The average Bonchev–Trinajstić information content (AvgIpc) is 3.01. The summed E-state index contributed by atoms with van der Waals surface area (Å²) in [4.78, 5) is 4.76.